The van der Waals surface area contributed by atoms with Gasteiger partial charge in [0.1, 0.15) is 6.04 Å². The van der Waals surface area contributed by atoms with Crippen molar-refractivity contribution in [2.24, 2.45) is 5.73 Å². The Morgan fingerprint density at radius 1 is 1.13 bits per heavy atom. The Kier molecular flexibility index (Phi) is 6.79. The second-order valence-electron chi connectivity index (χ2n) is 7.71. The molecule has 8 nitrogen and oxygen atoms in total. The molecule has 3 rings (SSSR count). The van der Waals surface area contributed by atoms with Crippen molar-refractivity contribution in [3.05, 3.63) is 64.7 Å². The first-order valence-electron chi connectivity index (χ1n) is 10.1. The number of amides is 3. The van der Waals surface area contributed by atoms with Crippen LogP contribution in [0.15, 0.2) is 42.5 Å². The molecule has 2 aromatic rings. The van der Waals surface area contributed by atoms with E-state index in [1.54, 1.807) is 0 Å². The second kappa shape index (κ2) is 9.51. The van der Waals surface area contributed by atoms with Crippen molar-refractivity contribution >= 4 is 23.6 Å². The number of primary amides is 1. The normalized spacial score (nSPS) is 14.4. The Labute approximate surface area is 181 Å². The van der Waals surface area contributed by atoms with Gasteiger partial charge in [0.25, 0.3) is 5.91 Å². The van der Waals surface area contributed by atoms with Gasteiger partial charge in [0.2, 0.25) is 0 Å². The number of nitrogens with two attached hydrogens (primary N) is 1. The molecule has 0 aromatic heterocycles. The number of nitrogens with one attached hydrogen (secondary N) is 2. The van der Waals surface area contributed by atoms with Crippen molar-refractivity contribution in [3.8, 4) is 0 Å². The molecule has 1 aliphatic heterocycles. The van der Waals surface area contributed by atoms with Gasteiger partial charge in [-0.25, -0.2) is 9.59 Å². The van der Waals surface area contributed by atoms with E-state index >= 15 is 0 Å². The predicted octanol–water partition coefficient (Wildman–Crippen LogP) is 1.85. The molecule has 1 atom stereocenters. The number of carbonyl (C=O) groups excluding carboxylic acids is 3. The first-order valence-corrected chi connectivity index (χ1v) is 10.1. The standard InChI is InChI=1S/C23H28N4O4/c1-14-9-10-19(27-12-17(13-27)16-7-5-4-6-8-16)15(2)20(14)21(28)26-18(22(29)31-3)11-25-23(24)30/h4-10,17-18H,11-13H2,1-3H3,(H,26,28)(H3,24,25,30)/t18-/m0/s1. The summed E-state index contributed by atoms with van der Waals surface area (Å²) < 4.78 is 4.73. The van der Waals surface area contributed by atoms with Gasteiger partial charge in [-0.15, -0.1) is 0 Å². The zero-order valence-corrected chi connectivity index (χ0v) is 18.0. The van der Waals surface area contributed by atoms with Gasteiger partial charge in [0, 0.05) is 30.3 Å². The van der Waals surface area contributed by atoms with Gasteiger partial charge in [0.15, 0.2) is 0 Å². The van der Waals surface area contributed by atoms with Crippen LogP contribution in [-0.4, -0.2) is 50.7 Å². The monoisotopic (exact) mass is 424 g/mol. The third-order valence-corrected chi connectivity index (χ3v) is 5.64. The summed E-state index contributed by atoms with van der Waals surface area (Å²) in [6.07, 6.45) is 0. The number of hydrogen-bond donors (Lipinski definition) is 3. The summed E-state index contributed by atoms with van der Waals surface area (Å²) in [5, 5.41) is 4.99. The van der Waals surface area contributed by atoms with Crippen molar-refractivity contribution in [1.29, 1.82) is 0 Å². The summed E-state index contributed by atoms with van der Waals surface area (Å²) in [4.78, 5) is 38.3. The Balaban J connectivity index is 1.76. The molecule has 31 heavy (non-hydrogen) atoms. The van der Waals surface area contributed by atoms with E-state index in [1.807, 2.05) is 44.2 Å². The predicted molar refractivity (Wildman–Crippen MR) is 118 cm³/mol. The molecule has 0 bridgehead atoms. The largest absolute Gasteiger partial charge is 0.467 e. The van der Waals surface area contributed by atoms with Crippen LogP contribution in [-0.2, 0) is 9.53 Å². The lowest BCUT2D eigenvalue weighted by molar-refractivity contribution is -0.142. The van der Waals surface area contributed by atoms with Gasteiger partial charge in [-0.3, -0.25) is 4.79 Å². The van der Waals surface area contributed by atoms with E-state index in [4.69, 9.17) is 10.5 Å². The number of benzene rings is 2. The summed E-state index contributed by atoms with van der Waals surface area (Å²) in [6, 6.07) is 12.5. The van der Waals surface area contributed by atoms with Crippen molar-refractivity contribution in [3.63, 3.8) is 0 Å². The molecule has 4 N–H and O–H groups in total. The second-order valence-corrected chi connectivity index (χ2v) is 7.71. The van der Waals surface area contributed by atoms with Crippen LogP contribution in [0.1, 0.15) is 33.0 Å². The van der Waals surface area contributed by atoms with Crippen LogP contribution in [0.5, 0.6) is 0 Å². The summed E-state index contributed by atoms with van der Waals surface area (Å²) in [6.45, 7) is 5.35. The van der Waals surface area contributed by atoms with Crippen LogP contribution in [0.3, 0.4) is 0 Å². The number of methoxy groups -OCH3 is 1. The Hall–Kier alpha value is -3.55. The van der Waals surface area contributed by atoms with E-state index in [1.165, 1.54) is 12.7 Å². The number of carbonyl (C=O) groups is 3. The van der Waals surface area contributed by atoms with Crippen LogP contribution < -0.4 is 21.3 Å². The highest BCUT2D eigenvalue weighted by Gasteiger charge is 2.31. The third-order valence-electron chi connectivity index (χ3n) is 5.64. The molecule has 1 saturated heterocycles. The molecular weight excluding hydrogens is 396 g/mol. The molecular formula is C23H28N4O4. The summed E-state index contributed by atoms with van der Waals surface area (Å²) >= 11 is 0. The maximum absolute atomic E-state index is 13.0. The highest BCUT2D eigenvalue weighted by atomic mass is 16.5. The van der Waals surface area contributed by atoms with Crippen LogP contribution >= 0.6 is 0 Å². The van der Waals surface area contributed by atoms with Crippen LogP contribution in [0.25, 0.3) is 0 Å². The minimum atomic E-state index is -1.04. The number of rotatable bonds is 7. The number of urea groups is 1. The molecule has 0 radical (unpaired) electrons. The summed E-state index contributed by atoms with van der Waals surface area (Å²) in [7, 11) is 1.22. The Morgan fingerprint density at radius 3 is 2.42 bits per heavy atom. The molecule has 1 heterocycles. The molecule has 0 spiro atoms. The van der Waals surface area contributed by atoms with Gasteiger partial charge in [-0.2, -0.15) is 0 Å². The van der Waals surface area contributed by atoms with Crippen molar-refractivity contribution < 1.29 is 19.1 Å². The average molecular weight is 425 g/mol. The minimum absolute atomic E-state index is 0.156. The fourth-order valence-electron chi connectivity index (χ4n) is 3.91. The number of aryl methyl sites for hydroxylation is 1. The zero-order chi connectivity index (χ0) is 22.5. The van der Waals surface area contributed by atoms with Crippen molar-refractivity contribution in [2.45, 2.75) is 25.8 Å². The molecule has 3 amide bonds. The SMILES string of the molecule is COC(=O)[C@H](CNC(N)=O)NC(=O)c1c(C)ccc(N2CC(c3ccccc3)C2)c1C. The van der Waals surface area contributed by atoms with Crippen LogP contribution in [0, 0.1) is 13.8 Å². The zero-order valence-electron chi connectivity index (χ0n) is 18.0. The number of ether oxygens (including phenoxy) is 1. The number of esters is 1. The van der Waals surface area contributed by atoms with Gasteiger partial charge in [0.05, 0.1) is 13.7 Å². The summed E-state index contributed by atoms with van der Waals surface area (Å²) in [5.74, 6) is -0.608. The molecule has 0 saturated carbocycles. The lowest BCUT2D eigenvalue weighted by Crippen LogP contribution is -2.50. The lowest BCUT2D eigenvalue weighted by Gasteiger charge is -2.42. The van der Waals surface area contributed by atoms with E-state index in [9.17, 15) is 14.4 Å². The fourth-order valence-corrected chi connectivity index (χ4v) is 3.91. The van der Waals surface area contributed by atoms with Gasteiger partial charge in [-0.1, -0.05) is 36.4 Å². The molecule has 164 valence electrons. The number of nitrogens with zero attached hydrogens (tertiary/aromatic N) is 1. The topological polar surface area (TPSA) is 114 Å². The van der Waals surface area contributed by atoms with E-state index in [0.29, 0.717) is 11.5 Å². The van der Waals surface area contributed by atoms with E-state index < -0.39 is 23.9 Å². The van der Waals surface area contributed by atoms with Crippen molar-refractivity contribution in [2.75, 3.05) is 31.6 Å². The number of hydrogen-bond acceptors (Lipinski definition) is 5. The Morgan fingerprint density at radius 2 is 1.81 bits per heavy atom. The van der Waals surface area contributed by atoms with E-state index in [0.717, 1.165) is 29.9 Å². The molecule has 8 heteroatoms. The average Bonchev–Trinajstić information content (AvgIpc) is 2.71. The maximum Gasteiger partial charge on any atom is 0.330 e. The van der Waals surface area contributed by atoms with E-state index in [-0.39, 0.29) is 6.54 Å². The third kappa shape index (κ3) is 4.96. The molecule has 1 fully saturated rings. The van der Waals surface area contributed by atoms with Gasteiger partial charge < -0.3 is 26.0 Å². The summed E-state index contributed by atoms with van der Waals surface area (Å²) in [5.41, 5.74) is 9.53. The fraction of sp³-hybridized carbons (Fsp3) is 0.348. The molecule has 1 aliphatic rings. The maximum atomic E-state index is 13.0. The van der Waals surface area contributed by atoms with Gasteiger partial charge >= 0.3 is 12.0 Å². The van der Waals surface area contributed by atoms with Gasteiger partial charge in [-0.05, 0) is 36.6 Å². The smallest absolute Gasteiger partial charge is 0.330 e. The number of anilines is 1. The molecule has 0 unspecified atom stereocenters. The van der Waals surface area contributed by atoms with E-state index in [2.05, 4.69) is 27.7 Å². The highest BCUT2D eigenvalue weighted by Crippen LogP contribution is 2.35. The highest BCUT2D eigenvalue weighted by molar-refractivity contribution is 6.00. The van der Waals surface area contributed by atoms with Crippen LogP contribution in [0.4, 0.5) is 10.5 Å². The first-order chi connectivity index (χ1) is 14.8. The van der Waals surface area contributed by atoms with Crippen molar-refractivity contribution in [1.82, 2.24) is 10.6 Å². The first kappa shape index (κ1) is 22.1. The minimum Gasteiger partial charge on any atom is -0.467 e. The Bertz CT molecular complexity index is 971. The molecule has 0 aliphatic carbocycles. The lowest BCUT2D eigenvalue weighted by atomic mass is 9.89. The quantitative estimate of drug-likeness (QED) is 0.587. The van der Waals surface area contributed by atoms with Crippen LogP contribution in [0.2, 0.25) is 0 Å². The molecule has 2 aromatic carbocycles.